The number of nitrogens with one attached hydrogen (secondary N) is 1. The Hall–Kier alpha value is -2.97. The second-order valence-electron chi connectivity index (χ2n) is 10.6. The summed E-state index contributed by atoms with van der Waals surface area (Å²) in [5, 5.41) is 14.5. The smallest absolute Gasteiger partial charge is 0.246 e. The quantitative estimate of drug-likeness (QED) is 0.573. The zero-order valence-corrected chi connectivity index (χ0v) is 21.3. The topological polar surface area (TPSA) is 65.0 Å². The van der Waals surface area contributed by atoms with Gasteiger partial charge in [0, 0.05) is 43.7 Å². The number of methoxy groups -OCH3 is 1. The van der Waals surface area contributed by atoms with E-state index in [1.807, 2.05) is 6.07 Å². The summed E-state index contributed by atoms with van der Waals surface area (Å²) in [4.78, 5) is 16.7. The van der Waals surface area contributed by atoms with Gasteiger partial charge in [-0.15, -0.1) is 0 Å². The van der Waals surface area contributed by atoms with E-state index in [0.717, 1.165) is 62.8 Å². The summed E-state index contributed by atoms with van der Waals surface area (Å²) < 4.78 is 32.2. The van der Waals surface area contributed by atoms with Gasteiger partial charge in [0.1, 0.15) is 17.4 Å². The number of aliphatic hydroxyl groups is 1. The number of anilines is 1. The first kappa shape index (κ1) is 25.7. The third-order valence-electron chi connectivity index (χ3n) is 8.38. The molecule has 0 saturated carbocycles. The highest BCUT2D eigenvalue weighted by Gasteiger charge is 2.42. The molecule has 8 heteroatoms. The van der Waals surface area contributed by atoms with Gasteiger partial charge >= 0.3 is 0 Å². The van der Waals surface area contributed by atoms with Crippen LogP contribution in [0.4, 0.5) is 14.5 Å². The van der Waals surface area contributed by atoms with Crippen LogP contribution in [0.25, 0.3) is 6.08 Å². The van der Waals surface area contributed by atoms with E-state index >= 15 is 0 Å². The van der Waals surface area contributed by atoms with Gasteiger partial charge in [-0.25, -0.2) is 8.78 Å². The molecule has 3 aliphatic rings. The van der Waals surface area contributed by atoms with Crippen LogP contribution in [0.5, 0.6) is 5.75 Å². The van der Waals surface area contributed by atoms with Gasteiger partial charge in [0.05, 0.1) is 18.9 Å². The molecule has 3 aliphatic heterocycles. The van der Waals surface area contributed by atoms with E-state index in [0.29, 0.717) is 25.2 Å². The minimum atomic E-state index is -0.671. The number of aliphatic hydroxyl groups excluding tert-OH is 1. The SMILES string of the molecule is COc1cccc2c1NCC21CCN(CC(O)C2CCN(C(=O)C=Cc3cc(F)cc(F)c3)CC2)CC1. The molecule has 2 saturated heterocycles. The lowest BCUT2D eigenvalue weighted by Gasteiger charge is -2.41. The fraction of sp³-hybridized carbons (Fsp3) is 0.483. The van der Waals surface area contributed by atoms with Gasteiger partial charge in [-0.1, -0.05) is 12.1 Å². The summed E-state index contributed by atoms with van der Waals surface area (Å²) in [5.41, 5.74) is 2.91. The Balaban J connectivity index is 1.09. The lowest BCUT2D eigenvalue weighted by molar-refractivity contribution is -0.128. The van der Waals surface area contributed by atoms with Gasteiger partial charge in [-0.05, 0) is 80.1 Å². The molecular weight excluding hydrogens is 476 g/mol. The molecule has 0 aromatic heterocycles. The number of carbonyl (C=O) groups excluding carboxylic acids is 1. The zero-order chi connectivity index (χ0) is 26.0. The van der Waals surface area contributed by atoms with Crippen molar-refractivity contribution in [1.82, 2.24) is 9.80 Å². The van der Waals surface area contributed by atoms with Crippen molar-refractivity contribution < 1.29 is 23.4 Å². The van der Waals surface area contributed by atoms with Crippen LogP contribution in [0.3, 0.4) is 0 Å². The van der Waals surface area contributed by atoms with Crippen molar-refractivity contribution in [3.8, 4) is 5.75 Å². The maximum Gasteiger partial charge on any atom is 0.246 e. The number of amides is 1. The Kier molecular flexibility index (Phi) is 7.49. The zero-order valence-electron chi connectivity index (χ0n) is 21.3. The molecule has 1 unspecified atom stereocenters. The molecule has 2 fully saturated rings. The molecular formula is C29H35F2N3O3. The van der Waals surface area contributed by atoms with Gasteiger partial charge in [0.25, 0.3) is 0 Å². The number of hydrogen-bond acceptors (Lipinski definition) is 5. The Morgan fingerprint density at radius 1 is 1.16 bits per heavy atom. The fourth-order valence-electron chi connectivity index (χ4n) is 6.15. The molecule has 1 atom stereocenters. The summed E-state index contributed by atoms with van der Waals surface area (Å²) in [5.74, 6) is -0.470. The average molecular weight is 512 g/mol. The van der Waals surface area contributed by atoms with Crippen LogP contribution >= 0.6 is 0 Å². The van der Waals surface area contributed by atoms with Crippen LogP contribution in [0.2, 0.25) is 0 Å². The monoisotopic (exact) mass is 511 g/mol. The van der Waals surface area contributed by atoms with Crippen LogP contribution in [0.1, 0.15) is 36.8 Å². The molecule has 3 heterocycles. The molecule has 2 aromatic rings. The van der Waals surface area contributed by atoms with Gasteiger partial charge in [0.2, 0.25) is 5.91 Å². The van der Waals surface area contributed by atoms with Gasteiger partial charge < -0.3 is 25.0 Å². The molecule has 2 aromatic carbocycles. The maximum atomic E-state index is 13.4. The summed E-state index contributed by atoms with van der Waals surface area (Å²) in [7, 11) is 1.71. The number of fused-ring (bicyclic) bond motifs is 2. The fourth-order valence-corrected chi connectivity index (χ4v) is 6.15. The maximum absolute atomic E-state index is 13.4. The van der Waals surface area contributed by atoms with Crippen molar-refractivity contribution in [2.24, 2.45) is 5.92 Å². The molecule has 1 spiro atoms. The van der Waals surface area contributed by atoms with Crippen LogP contribution in [0, 0.1) is 17.6 Å². The number of hydrogen-bond donors (Lipinski definition) is 2. The summed E-state index contributed by atoms with van der Waals surface area (Å²) in [6, 6.07) is 9.46. The highest BCUT2D eigenvalue weighted by Crippen LogP contribution is 2.47. The number of β-amino-alcohol motifs (C(OH)–C–C–N with tert-alkyl or cyclic N) is 1. The standard InChI is InChI=1S/C29H35F2N3O3/c1-37-26-4-2-3-24-28(26)32-19-29(24)9-13-33(14-10-29)18-25(35)21-7-11-34(12-8-21)27(36)6-5-20-15-22(30)17-23(31)16-20/h2-6,15-17,21,25,32,35H,7-14,18-19H2,1H3. The second kappa shape index (κ2) is 10.8. The molecule has 1 amide bonds. The third kappa shape index (κ3) is 5.50. The predicted molar refractivity (Wildman–Crippen MR) is 140 cm³/mol. The summed E-state index contributed by atoms with van der Waals surface area (Å²) >= 11 is 0. The number of piperidine rings is 2. The van der Waals surface area contributed by atoms with E-state index in [1.54, 1.807) is 12.0 Å². The lowest BCUT2D eigenvalue weighted by Crippen LogP contribution is -2.48. The van der Waals surface area contributed by atoms with Crippen LogP contribution in [0.15, 0.2) is 42.5 Å². The van der Waals surface area contributed by atoms with Gasteiger partial charge in [-0.2, -0.15) is 0 Å². The number of likely N-dealkylation sites (tertiary alicyclic amines) is 2. The molecule has 2 N–H and O–H groups in total. The van der Waals surface area contributed by atoms with Crippen LogP contribution in [-0.4, -0.2) is 73.3 Å². The minimum absolute atomic E-state index is 0.127. The first-order valence-electron chi connectivity index (χ1n) is 13.1. The van der Waals surface area contributed by atoms with Crippen molar-refractivity contribution in [2.75, 3.05) is 51.7 Å². The average Bonchev–Trinajstić information content (AvgIpc) is 3.26. The molecule has 198 valence electrons. The lowest BCUT2D eigenvalue weighted by atomic mass is 9.74. The molecule has 6 nitrogen and oxygen atoms in total. The number of benzene rings is 2. The molecule has 0 aliphatic carbocycles. The van der Waals surface area contributed by atoms with E-state index in [9.17, 15) is 18.7 Å². The number of halogens is 2. The molecule has 0 radical (unpaired) electrons. The summed E-state index contributed by atoms with van der Waals surface area (Å²) in [6.07, 6.45) is 5.94. The van der Waals surface area contributed by atoms with E-state index in [2.05, 4.69) is 22.3 Å². The Labute approximate surface area is 216 Å². The summed E-state index contributed by atoms with van der Waals surface area (Å²) in [6.45, 7) is 4.59. The highest BCUT2D eigenvalue weighted by molar-refractivity contribution is 5.91. The normalized spacial score (nSPS) is 20.7. The van der Waals surface area contributed by atoms with E-state index in [4.69, 9.17) is 4.74 Å². The minimum Gasteiger partial charge on any atom is -0.495 e. The van der Waals surface area contributed by atoms with Crippen LogP contribution in [-0.2, 0) is 10.2 Å². The highest BCUT2D eigenvalue weighted by atomic mass is 19.1. The van der Waals surface area contributed by atoms with E-state index < -0.39 is 17.7 Å². The molecule has 5 rings (SSSR count). The van der Waals surface area contributed by atoms with E-state index in [-0.39, 0.29) is 17.2 Å². The number of nitrogens with zero attached hydrogens (tertiary/aromatic N) is 2. The van der Waals surface area contributed by atoms with Crippen molar-refractivity contribution in [2.45, 2.75) is 37.2 Å². The van der Waals surface area contributed by atoms with Crippen molar-refractivity contribution in [3.63, 3.8) is 0 Å². The largest absolute Gasteiger partial charge is 0.495 e. The predicted octanol–water partition coefficient (Wildman–Crippen LogP) is 4.05. The number of ether oxygens (including phenoxy) is 1. The van der Waals surface area contributed by atoms with Gasteiger partial charge in [0.15, 0.2) is 0 Å². The Morgan fingerprint density at radius 3 is 2.54 bits per heavy atom. The van der Waals surface area contributed by atoms with Gasteiger partial charge in [-0.3, -0.25) is 4.79 Å². The second-order valence-corrected chi connectivity index (χ2v) is 10.6. The molecule has 37 heavy (non-hydrogen) atoms. The van der Waals surface area contributed by atoms with Crippen molar-refractivity contribution in [3.05, 3.63) is 65.2 Å². The first-order chi connectivity index (χ1) is 17.9. The van der Waals surface area contributed by atoms with Crippen LogP contribution < -0.4 is 10.1 Å². The first-order valence-corrected chi connectivity index (χ1v) is 13.1. The number of carbonyl (C=O) groups is 1. The van der Waals surface area contributed by atoms with Crippen molar-refractivity contribution in [1.29, 1.82) is 0 Å². The third-order valence-corrected chi connectivity index (χ3v) is 8.38. The number of rotatable bonds is 6. The van der Waals surface area contributed by atoms with Crippen molar-refractivity contribution >= 4 is 17.7 Å². The number of para-hydroxylation sites is 1. The van der Waals surface area contributed by atoms with E-state index in [1.165, 1.54) is 29.8 Å². The Bertz CT molecular complexity index is 1130. The molecule has 0 bridgehead atoms. The Morgan fingerprint density at radius 2 is 1.86 bits per heavy atom.